The molecule has 1 amide bonds. The van der Waals surface area contributed by atoms with Crippen molar-refractivity contribution in [2.24, 2.45) is 5.92 Å². The molecule has 2 heterocycles. The number of benzene rings is 1. The van der Waals surface area contributed by atoms with E-state index in [9.17, 15) is 4.79 Å². The van der Waals surface area contributed by atoms with Gasteiger partial charge in [0, 0.05) is 22.9 Å². The second-order valence-corrected chi connectivity index (χ2v) is 6.81. The largest absolute Gasteiger partial charge is 0.348 e. The van der Waals surface area contributed by atoms with Crippen LogP contribution in [0.2, 0.25) is 0 Å². The molecule has 0 radical (unpaired) electrons. The average Bonchev–Trinajstić information content (AvgIpc) is 2.93. The van der Waals surface area contributed by atoms with E-state index in [4.69, 9.17) is 0 Å². The molecule has 1 aliphatic rings. The smallest absolute Gasteiger partial charge is 0.251 e. The van der Waals surface area contributed by atoms with Crippen LogP contribution in [0, 0.1) is 12.8 Å². The average molecular weight is 313 g/mol. The number of amides is 1. The lowest BCUT2D eigenvalue weighted by Gasteiger charge is -2.16. The molecule has 1 N–H and O–H groups in total. The number of aromatic nitrogens is 2. The third-order valence-electron chi connectivity index (χ3n) is 3.92. The number of carbonyl (C=O) groups excluding carboxylic acids is 1. The fourth-order valence-electron chi connectivity index (χ4n) is 2.44. The highest BCUT2D eigenvalue weighted by atomic mass is 32.2. The molecule has 0 saturated carbocycles. The van der Waals surface area contributed by atoms with E-state index in [0.717, 1.165) is 28.5 Å². The molecule has 1 fully saturated rings. The zero-order chi connectivity index (χ0) is 15.5. The van der Waals surface area contributed by atoms with Gasteiger partial charge in [-0.05, 0) is 42.9 Å². The molecule has 1 aromatic carbocycles. The van der Waals surface area contributed by atoms with Gasteiger partial charge >= 0.3 is 0 Å². The molecule has 1 aromatic heterocycles. The monoisotopic (exact) mass is 313 g/mol. The minimum atomic E-state index is 0.000824. The maximum Gasteiger partial charge on any atom is 0.251 e. The van der Waals surface area contributed by atoms with Gasteiger partial charge in [0.2, 0.25) is 0 Å². The summed E-state index contributed by atoms with van der Waals surface area (Å²) in [4.78, 5) is 12.3. The first-order chi connectivity index (χ1) is 10.6. The maximum absolute atomic E-state index is 12.3. The Morgan fingerprint density at radius 3 is 2.50 bits per heavy atom. The maximum atomic E-state index is 12.3. The molecule has 2 atom stereocenters. The zero-order valence-electron chi connectivity index (χ0n) is 12.7. The van der Waals surface area contributed by atoms with E-state index in [1.54, 1.807) is 0 Å². The van der Waals surface area contributed by atoms with Gasteiger partial charge in [0.05, 0.1) is 11.4 Å². The molecule has 0 bridgehead atoms. The molecule has 1 saturated heterocycles. The Morgan fingerprint density at radius 2 is 1.91 bits per heavy atom. The third kappa shape index (κ3) is 3.30. The first-order valence-electron chi connectivity index (χ1n) is 7.43. The predicted molar refractivity (Wildman–Crippen MR) is 89.9 cm³/mol. The summed E-state index contributed by atoms with van der Waals surface area (Å²) in [5.74, 6) is 2.66. The summed E-state index contributed by atoms with van der Waals surface area (Å²) in [6.07, 6.45) is 0. The molecule has 5 heteroatoms. The molecule has 0 aliphatic carbocycles. The zero-order valence-corrected chi connectivity index (χ0v) is 13.6. The minimum absolute atomic E-state index is 0.000824. The standard InChI is InChI=1S/C17H19N3OS/c1-11-9-22-10-16(11)18-17(21)14-6-4-13(5-7-14)15-8-3-12(2)19-20-15/h3-8,11,16H,9-10H2,1-2H3,(H,18,21). The summed E-state index contributed by atoms with van der Waals surface area (Å²) in [7, 11) is 0. The number of hydrogen-bond donors (Lipinski definition) is 1. The molecule has 114 valence electrons. The number of rotatable bonds is 3. The Morgan fingerprint density at radius 1 is 1.14 bits per heavy atom. The summed E-state index contributed by atoms with van der Waals surface area (Å²) >= 11 is 1.90. The van der Waals surface area contributed by atoms with Gasteiger partial charge in [0.25, 0.3) is 5.91 Å². The highest BCUT2D eigenvalue weighted by Gasteiger charge is 2.25. The van der Waals surface area contributed by atoms with Crippen LogP contribution < -0.4 is 5.32 Å². The molecular weight excluding hydrogens is 294 g/mol. The van der Waals surface area contributed by atoms with Crippen LogP contribution in [0.1, 0.15) is 23.0 Å². The topological polar surface area (TPSA) is 54.9 Å². The normalized spacial score (nSPS) is 20.8. The summed E-state index contributed by atoms with van der Waals surface area (Å²) < 4.78 is 0. The fraction of sp³-hybridized carbons (Fsp3) is 0.353. The van der Waals surface area contributed by atoms with Crippen LogP contribution in [0.15, 0.2) is 36.4 Å². The van der Waals surface area contributed by atoms with Gasteiger partial charge in [-0.15, -0.1) is 0 Å². The fourth-order valence-corrected chi connectivity index (χ4v) is 3.85. The van der Waals surface area contributed by atoms with E-state index in [1.165, 1.54) is 0 Å². The summed E-state index contributed by atoms with van der Waals surface area (Å²) in [6.45, 7) is 4.09. The molecule has 4 nitrogen and oxygen atoms in total. The number of nitrogens with one attached hydrogen (secondary N) is 1. The van der Waals surface area contributed by atoms with Crippen molar-refractivity contribution in [1.29, 1.82) is 0 Å². The Bertz CT molecular complexity index is 655. The van der Waals surface area contributed by atoms with Crippen molar-refractivity contribution in [3.63, 3.8) is 0 Å². The van der Waals surface area contributed by atoms with Crippen LogP contribution >= 0.6 is 11.8 Å². The SMILES string of the molecule is Cc1ccc(-c2ccc(C(=O)NC3CSCC3C)cc2)nn1. The van der Waals surface area contributed by atoms with Gasteiger partial charge in [-0.3, -0.25) is 4.79 Å². The number of thioether (sulfide) groups is 1. The van der Waals surface area contributed by atoms with E-state index >= 15 is 0 Å². The predicted octanol–water partition coefficient (Wildman–Crippen LogP) is 2.93. The lowest BCUT2D eigenvalue weighted by molar-refractivity contribution is 0.0933. The van der Waals surface area contributed by atoms with Gasteiger partial charge in [0.15, 0.2) is 0 Å². The molecule has 2 unspecified atom stereocenters. The van der Waals surface area contributed by atoms with E-state index in [0.29, 0.717) is 11.5 Å². The van der Waals surface area contributed by atoms with Crippen molar-refractivity contribution in [3.8, 4) is 11.3 Å². The number of carbonyl (C=O) groups is 1. The van der Waals surface area contributed by atoms with Gasteiger partial charge in [-0.2, -0.15) is 22.0 Å². The van der Waals surface area contributed by atoms with Crippen LogP contribution in [0.3, 0.4) is 0 Å². The van der Waals surface area contributed by atoms with E-state index < -0.39 is 0 Å². The summed E-state index contributed by atoms with van der Waals surface area (Å²) in [5, 5.41) is 11.3. The van der Waals surface area contributed by atoms with Crippen molar-refractivity contribution in [2.75, 3.05) is 11.5 Å². The Labute approximate surface area is 134 Å². The molecule has 2 aromatic rings. The quantitative estimate of drug-likeness (QED) is 0.946. The summed E-state index contributed by atoms with van der Waals surface area (Å²) in [6, 6.07) is 11.7. The van der Waals surface area contributed by atoms with Crippen molar-refractivity contribution in [1.82, 2.24) is 15.5 Å². The van der Waals surface area contributed by atoms with Crippen molar-refractivity contribution in [2.45, 2.75) is 19.9 Å². The van der Waals surface area contributed by atoms with E-state index in [-0.39, 0.29) is 11.9 Å². The minimum Gasteiger partial charge on any atom is -0.348 e. The van der Waals surface area contributed by atoms with E-state index in [2.05, 4.69) is 22.4 Å². The van der Waals surface area contributed by atoms with Gasteiger partial charge in [-0.25, -0.2) is 0 Å². The van der Waals surface area contributed by atoms with E-state index in [1.807, 2.05) is 55.1 Å². The van der Waals surface area contributed by atoms with Crippen LogP contribution in [0.5, 0.6) is 0 Å². The highest BCUT2D eigenvalue weighted by molar-refractivity contribution is 7.99. The Kier molecular flexibility index (Phi) is 4.43. The molecule has 0 spiro atoms. The first-order valence-corrected chi connectivity index (χ1v) is 8.58. The number of hydrogen-bond acceptors (Lipinski definition) is 4. The van der Waals surface area contributed by atoms with Crippen LogP contribution in [0.4, 0.5) is 0 Å². The lowest BCUT2D eigenvalue weighted by Crippen LogP contribution is -2.38. The van der Waals surface area contributed by atoms with Crippen LogP contribution in [0.25, 0.3) is 11.3 Å². The first kappa shape index (κ1) is 15.0. The lowest BCUT2D eigenvalue weighted by atomic mass is 10.0. The third-order valence-corrected chi connectivity index (χ3v) is 5.28. The van der Waals surface area contributed by atoms with Gasteiger partial charge < -0.3 is 5.32 Å². The van der Waals surface area contributed by atoms with Crippen molar-refractivity contribution >= 4 is 17.7 Å². The molecular formula is C17H19N3OS. The Balaban J connectivity index is 1.70. The van der Waals surface area contributed by atoms with Crippen molar-refractivity contribution in [3.05, 3.63) is 47.7 Å². The highest BCUT2D eigenvalue weighted by Crippen LogP contribution is 2.24. The second-order valence-electron chi connectivity index (χ2n) is 5.73. The van der Waals surface area contributed by atoms with Crippen LogP contribution in [-0.2, 0) is 0 Å². The Hall–Kier alpha value is -1.88. The second kappa shape index (κ2) is 6.48. The molecule has 3 rings (SSSR count). The van der Waals surface area contributed by atoms with Gasteiger partial charge in [-0.1, -0.05) is 19.1 Å². The van der Waals surface area contributed by atoms with Crippen molar-refractivity contribution < 1.29 is 4.79 Å². The molecule has 22 heavy (non-hydrogen) atoms. The number of nitrogens with zero attached hydrogens (tertiary/aromatic N) is 2. The summed E-state index contributed by atoms with van der Waals surface area (Å²) in [5.41, 5.74) is 3.36. The van der Waals surface area contributed by atoms with Gasteiger partial charge in [0.1, 0.15) is 0 Å². The molecule has 1 aliphatic heterocycles. The van der Waals surface area contributed by atoms with Crippen LogP contribution in [-0.4, -0.2) is 33.7 Å². The number of aryl methyl sites for hydroxylation is 1.